The third-order valence-electron chi connectivity index (χ3n) is 4.22. The molecule has 0 aliphatic carbocycles. The molecule has 0 saturated carbocycles. The van der Waals surface area contributed by atoms with Crippen LogP contribution in [0.4, 0.5) is 0 Å². The summed E-state index contributed by atoms with van der Waals surface area (Å²) in [4.78, 5) is 2.47. The quantitative estimate of drug-likeness (QED) is 0.920. The van der Waals surface area contributed by atoms with Gasteiger partial charge in [-0.2, -0.15) is 0 Å². The summed E-state index contributed by atoms with van der Waals surface area (Å²) in [7, 11) is 0. The van der Waals surface area contributed by atoms with Crippen LogP contribution in [0.25, 0.3) is 0 Å². The van der Waals surface area contributed by atoms with Gasteiger partial charge >= 0.3 is 0 Å². The maximum absolute atomic E-state index is 6.41. The molecule has 0 amide bonds. The predicted molar refractivity (Wildman–Crippen MR) is 98.0 cm³/mol. The summed E-state index contributed by atoms with van der Waals surface area (Å²) in [6.45, 7) is 3.12. The van der Waals surface area contributed by atoms with Crippen molar-refractivity contribution in [1.29, 1.82) is 0 Å². The van der Waals surface area contributed by atoms with Crippen LogP contribution in [0.5, 0.6) is 0 Å². The molecule has 1 heterocycles. The van der Waals surface area contributed by atoms with E-state index in [1.807, 2.05) is 0 Å². The number of hydrogen-bond donors (Lipinski definition) is 1. The molecule has 4 heteroatoms. The van der Waals surface area contributed by atoms with Crippen LogP contribution in [0.3, 0.4) is 0 Å². The first-order valence-corrected chi connectivity index (χ1v) is 7.40. The molecule has 1 fully saturated rings. The number of nitrogens with two attached hydrogens (primary N) is 1. The summed E-state index contributed by atoms with van der Waals surface area (Å²) in [5, 5.41) is 0. The van der Waals surface area contributed by atoms with Gasteiger partial charge in [0.25, 0.3) is 0 Å². The molecule has 1 saturated heterocycles. The fraction of sp³-hybridized carbons (Fsp3) is 0.333. The van der Waals surface area contributed by atoms with E-state index in [-0.39, 0.29) is 30.9 Å². The predicted octanol–water partition coefficient (Wildman–Crippen LogP) is 3.85. The van der Waals surface area contributed by atoms with E-state index >= 15 is 0 Å². The number of nitrogens with zero attached hydrogens (tertiary/aromatic N) is 1. The lowest BCUT2D eigenvalue weighted by Crippen LogP contribution is -2.46. The first kappa shape index (κ1) is 19.0. The van der Waals surface area contributed by atoms with Crippen LogP contribution in [0.15, 0.2) is 60.7 Å². The van der Waals surface area contributed by atoms with Crippen molar-refractivity contribution >= 4 is 24.8 Å². The van der Waals surface area contributed by atoms with Gasteiger partial charge in [0.05, 0.1) is 0 Å². The van der Waals surface area contributed by atoms with Gasteiger partial charge in [0.15, 0.2) is 0 Å². The Morgan fingerprint density at radius 2 is 1.50 bits per heavy atom. The summed E-state index contributed by atoms with van der Waals surface area (Å²) >= 11 is 0. The molecule has 0 unspecified atom stereocenters. The summed E-state index contributed by atoms with van der Waals surface area (Å²) in [5.41, 5.74) is 9.17. The van der Waals surface area contributed by atoms with Gasteiger partial charge in [0.2, 0.25) is 0 Å². The molecule has 2 aromatic rings. The summed E-state index contributed by atoms with van der Waals surface area (Å²) in [6, 6.07) is 21.6. The van der Waals surface area contributed by atoms with Gasteiger partial charge in [-0.15, -0.1) is 24.8 Å². The zero-order valence-electron chi connectivity index (χ0n) is 12.6. The van der Waals surface area contributed by atoms with Crippen molar-refractivity contribution in [1.82, 2.24) is 4.90 Å². The Bertz CT molecular complexity index is 533. The van der Waals surface area contributed by atoms with Gasteiger partial charge in [0.1, 0.15) is 0 Å². The molecule has 22 heavy (non-hydrogen) atoms. The lowest BCUT2D eigenvalue weighted by molar-refractivity contribution is 0.183. The SMILES string of the molecule is Cl.Cl.N[C@H]1CN(Cc2ccccc2)CC[C@@H]1c1ccccc1. The molecule has 1 aliphatic rings. The molecule has 2 aromatic carbocycles. The Balaban J connectivity index is 0.00000121. The molecule has 120 valence electrons. The van der Waals surface area contributed by atoms with Crippen molar-refractivity contribution in [3.63, 3.8) is 0 Å². The first-order chi connectivity index (χ1) is 9.83. The number of benzene rings is 2. The van der Waals surface area contributed by atoms with E-state index in [9.17, 15) is 0 Å². The van der Waals surface area contributed by atoms with E-state index in [0.717, 1.165) is 26.1 Å². The second kappa shape index (κ2) is 9.16. The Hall–Kier alpha value is -1.06. The molecule has 0 bridgehead atoms. The molecule has 0 spiro atoms. The summed E-state index contributed by atoms with van der Waals surface area (Å²) in [5.74, 6) is 0.503. The van der Waals surface area contributed by atoms with Crippen LogP contribution in [0, 0.1) is 0 Å². The summed E-state index contributed by atoms with van der Waals surface area (Å²) < 4.78 is 0. The molecular weight excluding hydrogens is 315 g/mol. The highest BCUT2D eigenvalue weighted by Crippen LogP contribution is 2.27. The van der Waals surface area contributed by atoms with Crippen molar-refractivity contribution in [2.75, 3.05) is 13.1 Å². The van der Waals surface area contributed by atoms with E-state index in [0.29, 0.717) is 5.92 Å². The van der Waals surface area contributed by atoms with Crippen molar-refractivity contribution in [2.24, 2.45) is 5.73 Å². The normalized spacial score (nSPS) is 21.5. The molecule has 2 atom stereocenters. The monoisotopic (exact) mass is 338 g/mol. The van der Waals surface area contributed by atoms with Crippen molar-refractivity contribution in [3.8, 4) is 0 Å². The average Bonchev–Trinajstić information content (AvgIpc) is 2.49. The Morgan fingerprint density at radius 3 is 2.09 bits per heavy atom. The van der Waals surface area contributed by atoms with Crippen LogP contribution < -0.4 is 5.73 Å². The van der Waals surface area contributed by atoms with Crippen molar-refractivity contribution in [2.45, 2.75) is 24.9 Å². The minimum absolute atomic E-state index is 0. The highest BCUT2D eigenvalue weighted by molar-refractivity contribution is 5.85. The minimum atomic E-state index is 0. The van der Waals surface area contributed by atoms with Crippen molar-refractivity contribution in [3.05, 3.63) is 71.8 Å². The van der Waals surface area contributed by atoms with Crippen molar-refractivity contribution < 1.29 is 0 Å². The zero-order chi connectivity index (χ0) is 13.8. The third-order valence-corrected chi connectivity index (χ3v) is 4.22. The van der Waals surface area contributed by atoms with Gasteiger partial charge in [-0.05, 0) is 24.1 Å². The lowest BCUT2D eigenvalue weighted by atomic mass is 9.86. The molecule has 0 aromatic heterocycles. The Kier molecular flexibility index (Phi) is 7.91. The maximum Gasteiger partial charge on any atom is 0.0238 e. The largest absolute Gasteiger partial charge is 0.326 e. The lowest BCUT2D eigenvalue weighted by Gasteiger charge is -2.37. The topological polar surface area (TPSA) is 29.3 Å². The third kappa shape index (κ3) is 4.72. The highest BCUT2D eigenvalue weighted by Gasteiger charge is 2.27. The number of halogens is 2. The van der Waals surface area contributed by atoms with Crippen LogP contribution in [-0.4, -0.2) is 24.0 Å². The first-order valence-electron chi connectivity index (χ1n) is 7.40. The molecule has 2 nitrogen and oxygen atoms in total. The Labute approximate surface area is 145 Å². The summed E-state index contributed by atoms with van der Waals surface area (Å²) in [6.07, 6.45) is 1.15. The zero-order valence-corrected chi connectivity index (χ0v) is 14.2. The van der Waals surface area contributed by atoms with Crippen LogP contribution in [0.2, 0.25) is 0 Å². The average molecular weight is 339 g/mol. The number of rotatable bonds is 3. The van der Waals surface area contributed by atoms with Gasteiger partial charge in [-0.3, -0.25) is 4.90 Å². The van der Waals surface area contributed by atoms with E-state index in [4.69, 9.17) is 5.73 Å². The highest BCUT2D eigenvalue weighted by atomic mass is 35.5. The minimum Gasteiger partial charge on any atom is -0.326 e. The van der Waals surface area contributed by atoms with Gasteiger partial charge in [-0.25, -0.2) is 0 Å². The van der Waals surface area contributed by atoms with E-state index < -0.39 is 0 Å². The molecule has 2 N–H and O–H groups in total. The van der Waals surface area contributed by atoms with E-state index in [2.05, 4.69) is 65.6 Å². The number of likely N-dealkylation sites (tertiary alicyclic amines) is 1. The van der Waals surface area contributed by atoms with Crippen LogP contribution in [0.1, 0.15) is 23.5 Å². The number of hydrogen-bond acceptors (Lipinski definition) is 2. The smallest absolute Gasteiger partial charge is 0.0238 e. The van der Waals surface area contributed by atoms with Gasteiger partial charge in [0, 0.05) is 25.0 Å². The second-order valence-corrected chi connectivity index (χ2v) is 5.69. The van der Waals surface area contributed by atoms with Crippen LogP contribution in [-0.2, 0) is 6.54 Å². The molecule has 3 rings (SSSR count). The standard InChI is InChI=1S/C18H22N2.2ClH/c19-18-14-20(13-15-7-3-1-4-8-15)12-11-17(18)16-9-5-2-6-10-16;;/h1-10,17-18H,11-14,19H2;2*1H/t17-,18+;;/m1../s1. The van der Waals surface area contributed by atoms with Gasteiger partial charge < -0.3 is 5.73 Å². The van der Waals surface area contributed by atoms with Crippen LogP contribution >= 0.6 is 24.8 Å². The van der Waals surface area contributed by atoms with Gasteiger partial charge in [-0.1, -0.05) is 60.7 Å². The fourth-order valence-corrected chi connectivity index (χ4v) is 3.15. The fourth-order valence-electron chi connectivity index (χ4n) is 3.15. The second-order valence-electron chi connectivity index (χ2n) is 5.69. The molecule has 1 aliphatic heterocycles. The van der Waals surface area contributed by atoms with E-state index in [1.165, 1.54) is 11.1 Å². The van der Waals surface area contributed by atoms with E-state index in [1.54, 1.807) is 0 Å². The number of piperidine rings is 1. The molecule has 0 radical (unpaired) electrons. The molecular formula is C18H24Cl2N2. The maximum atomic E-state index is 6.41. The Morgan fingerprint density at radius 1 is 0.909 bits per heavy atom.